The average molecular weight is 435 g/mol. The highest BCUT2D eigenvalue weighted by molar-refractivity contribution is 7.14. The van der Waals surface area contributed by atoms with E-state index in [4.69, 9.17) is 15.5 Å². The summed E-state index contributed by atoms with van der Waals surface area (Å²) >= 11 is 1.63. The van der Waals surface area contributed by atoms with Gasteiger partial charge in [0.1, 0.15) is 15.4 Å². The summed E-state index contributed by atoms with van der Waals surface area (Å²) in [5, 5.41) is 10.9. The number of anilines is 1. The number of hydrogen-bond acceptors (Lipinski definition) is 8. The molecule has 1 saturated carbocycles. The highest BCUT2D eigenvalue weighted by Gasteiger charge is 2.46. The predicted octanol–water partition coefficient (Wildman–Crippen LogP) is 3.12. The molecule has 7 nitrogen and oxygen atoms in total. The zero-order chi connectivity index (χ0) is 20.8. The van der Waals surface area contributed by atoms with E-state index in [9.17, 15) is 0 Å². The maximum Gasteiger partial charge on any atom is 0.149 e. The first-order chi connectivity index (χ1) is 15.2. The molecule has 2 aliphatic heterocycles. The first-order valence-electron chi connectivity index (χ1n) is 11.1. The molecular weight excluding hydrogens is 408 g/mol. The van der Waals surface area contributed by atoms with E-state index in [0.29, 0.717) is 19.1 Å². The molecule has 160 valence electrons. The fraction of sp³-hybridized carbons (Fsp3) is 0.478. The van der Waals surface area contributed by atoms with Crippen molar-refractivity contribution in [2.75, 3.05) is 31.2 Å². The summed E-state index contributed by atoms with van der Waals surface area (Å²) in [6.07, 6.45) is 10.6. The number of pyridine rings is 2. The van der Waals surface area contributed by atoms with E-state index >= 15 is 0 Å². The number of rotatable bonds is 5. The lowest BCUT2D eigenvalue weighted by Crippen LogP contribution is -2.48. The molecule has 0 unspecified atom stereocenters. The van der Waals surface area contributed by atoms with Gasteiger partial charge in [0.25, 0.3) is 0 Å². The summed E-state index contributed by atoms with van der Waals surface area (Å²) in [5.74, 6) is 0.670. The standard InChI is InChI=1S/C23H26N6OS/c24-18-2-1-7-29(12-18)19-5-6-20(26-11-19)23(13-30-14-23)22-28-27-21(31-22)17-8-16(9-25-10-17)15-3-4-15/h5-6,8-11,15,18H,1-4,7,12-14,24H2/t18-/m1/s1. The van der Waals surface area contributed by atoms with E-state index < -0.39 is 0 Å². The fourth-order valence-corrected chi connectivity index (χ4v) is 5.53. The third-order valence-electron chi connectivity index (χ3n) is 6.65. The molecule has 31 heavy (non-hydrogen) atoms. The molecule has 3 fully saturated rings. The molecule has 8 heteroatoms. The van der Waals surface area contributed by atoms with Gasteiger partial charge in [0, 0.05) is 37.1 Å². The highest BCUT2D eigenvalue weighted by Crippen LogP contribution is 2.43. The zero-order valence-corrected chi connectivity index (χ0v) is 18.2. The van der Waals surface area contributed by atoms with Crippen LogP contribution in [0, 0.1) is 0 Å². The van der Waals surface area contributed by atoms with E-state index in [2.05, 4.69) is 38.3 Å². The number of piperidine rings is 1. The van der Waals surface area contributed by atoms with Crippen LogP contribution in [0.1, 0.15) is 47.9 Å². The first-order valence-corrected chi connectivity index (χ1v) is 11.9. The molecular formula is C23H26N6OS. The van der Waals surface area contributed by atoms with Crippen LogP contribution in [0.25, 0.3) is 10.6 Å². The largest absolute Gasteiger partial charge is 0.378 e. The molecule has 0 bridgehead atoms. The van der Waals surface area contributed by atoms with Crippen LogP contribution in [0.15, 0.2) is 36.8 Å². The molecule has 0 amide bonds. The molecule has 0 aromatic carbocycles. The van der Waals surface area contributed by atoms with Crippen LogP contribution in [-0.4, -0.2) is 52.5 Å². The second kappa shape index (κ2) is 7.62. The smallest absolute Gasteiger partial charge is 0.149 e. The van der Waals surface area contributed by atoms with Crippen LogP contribution in [-0.2, 0) is 10.2 Å². The van der Waals surface area contributed by atoms with Crippen LogP contribution in [0.4, 0.5) is 5.69 Å². The van der Waals surface area contributed by atoms with Crippen molar-refractivity contribution in [3.05, 3.63) is 53.1 Å². The Morgan fingerprint density at radius 1 is 1.10 bits per heavy atom. The summed E-state index contributed by atoms with van der Waals surface area (Å²) in [6, 6.07) is 6.74. The Hall–Kier alpha value is -2.42. The first kappa shape index (κ1) is 19.3. The molecule has 3 aliphatic rings. The number of aromatic nitrogens is 4. The second-order valence-electron chi connectivity index (χ2n) is 9.02. The summed E-state index contributed by atoms with van der Waals surface area (Å²) < 4.78 is 5.64. The van der Waals surface area contributed by atoms with Gasteiger partial charge in [0.05, 0.1) is 30.8 Å². The molecule has 2 saturated heterocycles. The lowest BCUT2D eigenvalue weighted by Gasteiger charge is -2.39. The van der Waals surface area contributed by atoms with Crippen LogP contribution >= 0.6 is 11.3 Å². The van der Waals surface area contributed by atoms with Gasteiger partial charge in [-0.1, -0.05) is 11.3 Å². The second-order valence-corrected chi connectivity index (χ2v) is 10.00. The molecule has 5 heterocycles. The Labute approximate surface area is 185 Å². The third kappa shape index (κ3) is 3.52. The Bertz CT molecular complexity index is 1080. The van der Waals surface area contributed by atoms with Gasteiger partial charge in [-0.05, 0) is 55.4 Å². The molecule has 0 radical (unpaired) electrons. The van der Waals surface area contributed by atoms with Gasteiger partial charge in [0.2, 0.25) is 0 Å². The van der Waals surface area contributed by atoms with Crippen LogP contribution in [0.2, 0.25) is 0 Å². The summed E-state index contributed by atoms with van der Waals surface area (Å²) in [6.45, 7) is 3.10. The molecule has 6 rings (SSSR count). The molecule has 3 aromatic heterocycles. The van der Waals surface area contributed by atoms with E-state index in [1.54, 1.807) is 11.3 Å². The highest BCUT2D eigenvalue weighted by atomic mass is 32.1. The minimum absolute atomic E-state index is 0.243. The van der Waals surface area contributed by atoms with Crippen LogP contribution < -0.4 is 10.6 Å². The van der Waals surface area contributed by atoms with Gasteiger partial charge in [0.15, 0.2) is 0 Å². The summed E-state index contributed by atoms with van der Waals surface area (Å²) in [7, 11) is 0. The summed E-state index contributed by atoms with van der Waals surface area (Å²) in [4.78, 5) is 11.6. The quantitative estimate of drug-likeness (QED) is 0.660. The molecule has 2 N–H and O–H groups in total. The molecule has 0 spiro atoms. The van der Waals surface area contributed by atoms with Gasteiger partial charge in [-0.15, -0.1) is 10.2 Å². The van der Waals surface area contributed by atoms with Crippen molar-refractivity contribution in [3.8, 4) is 10.6 Å². The van der Waals surface area contributed by atoms with Crippen molar-refractivity contribution in [1.29, 1.82) is 0 Å². The van der Waals surface area contributed by atoms with Gasteiger partial charge in [-0.3, -0.25) is 9.97 Å². The average Bonchev–Trinajstić information content (AvgIpc) is 3.51. The zero-order valence-electron chi connectivity index (χ0n) is 17.4. The van der Waals surface area contributed by atoms with Crippen molar-refractivity contribution in [3.63, 3.8) is 0 Å². The topological polar surface area (TPSA) is 90.1 Å². The van der Waals surface area contributed by atoms with Crippen molar-refractivity contribution < 1.29 is 4.74 Å². The maximum absolute atomic E-state index is 6.15. The Morgan fingerprint density at radius 3 is 2.71 bits per heavy atom. The van der Waals surface area contributed by atoms with Crippen molar-refractivity contribution in [2.24, 2.45) is 5.73 Å². The minimum Gasteiger partial charge on any atom is -0.378 e. The monoisotopic (exact) mass is 434 g/mol. The van der Waals surface area contributed by atoms with E-state index in [1.165, 1.54) is 18.4 Å². The predicted molar refractivity (Wildman–Crippen MR) is 120 cm³/mol. The van der Waals surface area contributed by atoms with Crippen LogP contribution in [0.5, 0.6) is 0 Å². The van der Waals surface area contributed by atoms with E-state index in [-0.39, 0.29) is 11.5 Å². The molecule has 3 aromatic rings. The van der Waals surface area contributed by atoms with E-state index in [0.717, 1.165) is 52.9 Å². The Balaban J connectivity index is 1.27. The van der Waals surface area contributed by atoms with Gasteiger partial charge in [-0.2, -0.15) is 0 Å². The Morgan fingerprint density at radius 2 is 2.00 bits per heavy atom. The Kier molecular flexibility index (Phi) is 4.74. The number of nitrogens with zero attached hydrogens (tertiary/aromatic N) is 5. The van der Waals surface area contributed by atoms with Gasteiger partial charge in [-0.25, -0.2) is 0 Å². The third-order valence-corrected chi connectivity index (χ3v) is 7.82. The molecule has 1 atom stereocenters. The minimum atomic E-state index is -0.311. The lowest BCUT2D eigenvalue weighted by atomic mass is 9.82. The van der Waals surface area contributed by atoms with Crippen molar-refractivity contribution in [1.82, 2.24) is 20.2 Å². The fourth-order valence-electron chi connectivity index (χ4n) is 4.54. The maximum atomic E-state index is 6.15. The van der Waals surface area contributed by atoms with Gasteiger partial charge < -0.3 is 15.4 Å². The number of hydrogen-bond donors (Lipinski definition) is 1. The van der Waals surface area contributed by atoms with Crippen molar-refractivity contribution >= 4 is 17.0 Å². The lowest BCUT2D eigenvalue weighted by molar-refractivity contribution is -0.0403. The van der Waals surface area contributed by atoms with E-state index in [1.807, 2.05) is 18.6 Å². The molecule has 1 aliphatic carbocycles. The number of nitrogens with two attached hydrogens (primary N) is 1. The number of ether oxygens (including phenoxy) is 1. The normalized spacial score (nSPS) is 22.9. The summed E-state index contributed by atoms with van der Waals surface area (Å²) in [5.41, 5.74) is 10.3. The van der Waals surface area contributed by atoms with Crippen molar-refractivity contribution in [2.45, 2.75) is 43.1 Å². The SMILES string of the molecule is N[C@@H]1CCCN(c2ccc(C3(c4nnc(-c5cncc(C6CC6)c5)s4)COC3)nc2)C1. The van der Waals surface area contributed by atoms with Crippen LogP contribution in [0.3, 0.4) is 0 Å². The van der Waals surface area contributed by atoms with Gasteiger partial charge >= 0.3 is 0 Å².